The predicted octanol–water partition coefficient (Wildman–Crippen LogP) is 2.44. The van der Waals surface area contributed by atoms with Gasteiger partial charge in [-0.15, -0.1) is 0 Å². The van der Waals surface area contributed by atoms with Crippen LogP contribution in [0.2, 0.25) is 0 Å². The van der Waals surface area contributed by atoms with Gasteiger partial charge in [-0.25, -0.2) is 4.98 Å². The van der Waals surface area contributed by atoms with Crippen LogP contribution in [-0.2, 0) is 19.1 Å². The maximum Gasteiger partial charge on any atom is 0.323 e. The molecule has 0 amide bonds. The van der Waals surface area contributed by atoms with Gasteiger partial charge in [-0.3, -0.25) is 9.59 Å². The summed E-state index contributed by atoms with van der Waals surface area (Å²) in [6.07, 6.45) is -0.539. The number of aromatic hydroxyl groups is 1. The van der Waals surface area contributed by atoms with E-state index >= 15 is 0 Å². The molecule has 21 heavy (non-hydrogen) atoms. The average Bonchev–Trinajstić information content (AvgIpc) is 2.80. The van der Waals surface area contributed by atoms with Crippen molar-refractivity contribution in [3.63, 3.8) is 0 Å². The summed E-state index contributed by atoms with van der Waals surface area (Å²) in [6.45, 7) is 3.01. The van der Waals surface area contributed by atoms with Gasteiger partial charge < -0.3 is 19.0 Å². The molecule has 0 aliphatic carbocycles. The van der Waals surface area contributed by atoms with Crippen molar-refractivity contribution in [1.82, 2.24) is 4.98 Å². The molecule has 112 valence electrons. The third-order valence-corrected chi connectivity index (χ3v) is 2.55. The van der Waals surface area contributed by atoms with Gasteiger partial charge in [0.25, 0.3) is 5.89 Å². The molecule has 2 rings (SSSR count). The predicted molar refractivity (Wildman–Crippen MR) is 71.2 cm³/mol. The fourth-order valence-corrected chi connectivity index (χ4v) is 1.69. The number of esters is 2. The standard InChI is InChI=1S/C14H15NO6/c1-3-4-12(18)21-14(19-8(2)16)13-15-10-7-9(17)5-6-11(10)20-13/h5-7,14,17H,3-4H2,1-2H3. The Balaban J connectivity index is 2.28. The summed E-state index contributed by atoms with van der Waals surface area (Å²) in [5.74, 6) is -1.19. The summed E-state index contributed by atoms with van der Waals surface area (Å²) in [5, 5.41) is 9.39. The SMILES string of the molecule is CCCC(=O)OC(OC(C)=O)c1nc2cc(O)ccc2o1. The molecule has 0 aliphatic heterocycles. The molecule has 7 nitrogen and oxygen atoms in total. The van der Waals surface area contributed by atoms with Crippen molar-refractivity contribution in [1.29, 1.82) is 0 Å². The van der Waals surface area contributed by atoms with Gasteiger partial charge in [-0.2, -0.15) is 0 Å². The van der Waals surface area contributed by atoms with Crippen LogP contribution in [0.25, 0.3) is 11.1 Å². The topological polar surface area (TPSA) is 98.9 Å². The summed E-state index contributed by atoms with van der Waals surface area (Å²) in [5.41, 5.74) is 0.750. The Hall–Kier alpha value is -2.57. The number of carbonyl (C=O) groups is 2. The maximum absolute atomic E-state index is 11.6. The van der Waals surface area contributed by atoms with Crippen molar-refractivity contribution >= 4 is 23.0 Å². The van der Waals surface area contributed by atoms with Crippen LogP contribution in [0, 0.1) is 0 Å². The molecule has 1 heterocycles. The van der Waals surface area contributed by atoms with Crippen LogP contribution in [0.5, 0.6) is 5.75 Å². The van der Waals surface area contributed by atoms with Crippen LogP contribution in [0.3, 0.4) is 0 Å². The molecule has 0 bridgehead atoms. The normalized spacial score (nSPS) is 12.1. The molecule has 1 unspecified atom stereocenters. The summed E-state index contributed by atoms with van der Waals surface area (Å²) >= 11 is 0. The van der Waals surface area contributed by atoms with Crippen LogP contribution in [-0.4, -0.2) is 22.0 Å². The number of ether oxygens (including phenoxy) is 2. The van der Waals surface area contributed by atoms with Gasteiger partial charge in [0.05, 0.1) is 0 Å². The first-order valence-corrected chi connectivity index (χ1v) is 6.45. The lowest BCUT2D eigenvalue weighted by Gasteiger charge is -2.13. The summed E-state index contributed by atoms with van der Waals surface area (Å²) in [7, 11) is 0. The molecular weight excluding hydrogens is 278 g/mol. The Morgan fingerprint density at radius 2 is 2.14 bits per heavy atom. The Bertz CT molecular complexity index is 663. The van der Waals surface area contributed by atoms with Crippen LogP contribution >= 0.6 is 0 Å². The Kier molecular flexibility index (Phi) is 4.42. The molecule has 0 fully saturated rings. The molecule has 1 aromatic carbocycles. The van der Waals surface area contributed by atoms with Gasteiger partial charge in [-0.1, -0.05) is 6.92 Å². The number of carbonyl (C=O) groups excluding carboxylic acids is 2. The lowest BCUT2D eigenvalue weighted by atomic mass is 10.3. The van der Waals surface area contributed by atoms with Gasteiger partial charge in [0, 0.05) is 19.4 Å². The van der Waals surface area contributed by atoms with Crippen molar-refractivity contribution in [3.8, 4) is 5.75 Å². The van der Waals surface area contributed by atoms with Gasteiger partial charge in [0.15, 0.2) is 5.58 Å². The van der Waals surface area contributed by atoms with Crippen LogP contribution in [0.4, 0.5) is 0 Å². The molecule has 2 aromatic rings. The zero-order valence-electron chi connectivity index (χ0n) is 11.7. The highest BCUT2D eigenvalue weighted by Gasteiger charge is 2.25. The molecule has 1 atom stereocenters. The van der Waals surface area contributed by atoms with Crippen LogP contribution in [0.15, 0.2) is 22.6 Å². The van der Waals surface area contributed by atoms with Crippen molar-refractivity contribution < 1.29 is 28.6 Å². The monoisotopic (exact) mass is 293 g/mol. The van der Waals surface area contributed by atoms with Crippen LogP contribution in [0.1, 0.15) is 38.9 Å². The van der Waals surface area contributed by atoms with E-state index in [4.69, 9.17) is 13.9 Å². The van der Waals surface area contributed by atoms with E-state index in [-0.39, 0.29) is 18.1 Å². The average molecular weight is 293 g/mol. The first-order chi connectivity index (χ1) is 9.99. The zero-order valence-corrected chi connectivity index (χ0v) is 11.7. The maximum atomic E-state index is 11.6. The molecule has 0 aliphatic rings. The summed E-state index contributed by atoms with van der Waals surface area (Å²) in [4.78, 5) is 26.7. The first-order valence-electron chi connectivity index (χ1n) is 6.45. The molecule has 0 saturated carbocycles. The first kappa shape index (κ1) is 14.8. The Labute approximate surface area is 120 Å². The molecule has 0 radical (unpaired) electrons. The van der Waals surface area contributed by atoms with E-state index in [1.54, 1.807) is 0 Å². The van der Waals surface area contributed by atoms with Gasteiger partial charge in [-0.05, 0) is 18.6 Å². The van der Waals surface area contributed by atoms with Gasteiger partial charge >= 0.3 is 18.2 Å². The number of phenolic OH excluding ortho intramolecular Hbond substituents is 1. The Morgan fingerprint density at radius 1 is 1.38 bits per heavy atom. The van der Waals surface area contributed by atoms with E-state index in [0.717, 1.165) is 0 Å². The fourth-order valence-electron chi connectivity index (χ4n) is 1.69. The van der Waals surface area contributed by atoms with Crippen molar-refractivity contribution in [3.05, 3.63) is 24.1 Å². The second-order valence-electron chi connectivity index (χ2n) is 4.39. The number of hydrogen-bond donors (Lipinski definition) is 1. The number of aromatic nitrogens is 1. The number of hydrogen-bond acceptors (Lipinski definition) is 7. The molecule has 1 N–H and O–H groups in total. The van der Waals surface area contributed by atoms with Crippen molar-refractivity contribution in [2.24, 2.45) is 0 Å². The van der Waals surface area contributed by atoms with Gasteiger partial charge in [0.1, 0.15) is 11.3 Å². The summed E-state index contributed by atoms with van der Waals surface area (Å²) in [6, 6.07) is 4.34. The van der Waals surface area contributed by atoms with E-state index in [2.05, 4.69) is 4.98 Å². The molecular formula is C14H15NO6. The number of fused-ring (bicyclic) bond motifs is 1. The van der Waals surface area contributed by atoms with E-state index in [0.29, 0.717) is 17.5 Å². The number of benzene rings is 1. The van der Waals surface area contributed by atoms with E-state index in [1.807, 2.05) is 6.92 Å². The Morgan fingerprint density at radius 3 is 2.81 bits per heavy atom. The molecule has 1 aromatic heterocycles. The number of oxazole rings is 1. The molecule has 7 heteroatoms. The number of rotatable bonds is 5. The zero-order chi connectivity index (χ0) is 15.4. The largest absolute Gasteiger partial charge is 0.508 e. The summed E-state index contributed by atoms with van der Waals surface area (Å²) < 4.78 is 15.3. The third kappa shape index (κ3) is 3.71. The second-order valence-corrected chi connectivity index (χ2v) is 4.39. The minimum atomic E-state index is -1.34. The van der Waals surface area contributed by atoms with Crippen molar-refractivity contribution in [2.45, 2.75) is 33.0 Å². The minimum absolute atomic E-state index is 0.0226. The quantitative estimate of drug-likeness (QED) is 0.667. The van der Waals surface area contributed by atoms with E-state index < -0.39 is 18.2 Å². The molecule has 0 spiro atoms. The second kappa shape index (κ2) is 6.25. The lowest BCUT2D eigenvalue weighted by Crippen LogP contribution is -2.16. The molecule has 0 saturated heterocycles. The van der Waals surface area contributed by atoms with Crippen molar-refractivity contribution in [2.75, 3.05) is 0 Å². The highest BCUT2D eigenvalue weighted by atomic mass is 16.7. The fraction of sp³-hybridized carbons (Fsp3) is 0.357. The smallest absolute Gasteiger partial charge is 0.323 e. The van der Waals surface area contributed by atoms with Crippen LogP contribution < -0.4 is 0 Å². The number of phenols is 1. The third-order valence-electron chi connectivity index (χ3n) is 2.55. The minimum Gasteiger partial charge on any atom is -0.508 e. The highest BCUT2D eigenvalue weighted by Crippen LogP contribution is 2.26. The lowest BCUT2D eigenvalue weighted by molar-refractivity contribution is -0.192. The van der Waals surface area contributed by atoms with Gasteiger partial charge in [0.2, 0.25) is 0 Å². The van der Waals surface area contributed by atoms with E-state index in [9.17, 15) is 14.7 Å². The van der Waals surface area contributed by atoms with E-state index in [1.165, 1.54) is 25.1 Å². The number of nitrogens with zero attached hydrogens (tertiary/aromatic N) is 1. The highest BCUT2D eigenvalue weighted by molar-refractivity contribution is 5.75.